The predicted molar refractivity (Wildman–Crippen MR) is 95.5 cm³/mol. The monoisotopic (exact) mass is 351 g/mol. The minimum absolute atomic E-state index is 0.0711. The third kappa shape index (κ3) is 2.69. The molecule has 1 aliphatic heterocycles. The van der Waals surface area contributed by atoms with Crippen LogP contribution in [0.2, 0.25) is 0 Å². The number of carbonyl (C=O) groups is 1. The molecule has 3 heterocycles. The molecule has 0 saturated carbocycles. The molecular formula is C19H21N5O2. The first-order chi connectivity index (χ1) is 12.6. The van der Waals surface area contributed by atoms with Crippen molar-refractivity contribution in [3.63, 3.8) is 0 Å². The van der Waals surface area contributed by atoms with E-state index >= 15 is 0 Å². The van der Waals surface area contributed by atoms with Gasteiger partial charge < -0.3 is 13.9 Å². The van der Waals surface area contributed by atoms with Crippen molar-refractivity contribution < 1.29 is 9.21 Å². The summed E-state index contributed by atoms with van der Waals surface area (Å²) in [6, 6.07) is 10.1. The second kappa shape index (κ2) is 6.40. The molecule has 1 aliphatic rings. The first-order valence-electron chi connectivity index (χ1n) is 8.83. The second-order valence-electron chi connectivity index (χ2n) is 6.59. The number of benzene rings is 1. The summed E-state index contributed by atoms with van der Waals surface area (Å²) in [6.07, 6.45) is 0.666. The Morgan fingerprint density at radius 1 is 1.27 bits per heavy atom. The molecule has 4 rings (SSSR count). The third-order valence-corrected chi connectivity index (χ3v) is 4.68. The number of aryl methyl sites for hydroxylation is 2. The Kier molecular flexibility index (Phi) is 4.06. The molecule has 1 atom stereocenters. The fraction of sp³-hybridized carbons (Fsp3) is 0.368. The topological polar surface area (TPSA) is 77.1 Å². The van der Waals surface area contributed by atoms with Crippen LogP contribution in [0.1, 0.15) is 47.9 Å². The maximum absolute atomic E-state index is 12.9. The van der Waals surface area contributed by atoms with E-state index in [0.29, 0.717) is 36.9 Å². The van der Waals surface area contributed by atoms with Gasteiger partial charge in [-0.05, 0) is 13.8 Å². The first kappa shape index (κ1) is 16.5. The van der Waals surface area contributed by atoms with Crippen LogP contribution in [0, 0.1) is 6.92 Å². The van der Waals surface area contributed by atoms with E-state index in [-0.39, 0.29) is 11.9 Å². The Labute approximate surface area is 151 Å². The highest BCUT2D eigenvalue weighted by molar-refractivity contribution is 5.92. The van der Waals surface area contributed by atoms with Crippen molar-refractivity contribution in [1.29, 1.82) is 0 Å². The van der Waals surface area contributed by atoms with Crippen molar-refractivity contribution >= 4 is 5.91 Å². The number of hydrogen-bond donors (Lipinski definition) is 0. The molecule has 0 saturated heterocycles. The lowest BCUT2D eigenvalue weighted by molar-refractivity contribution is 0.0647. The van der Waals surface area contributed by atoms with Crippen LogP contribution in [0.5, 0.6) is 0 Å². The fourth-order valence-corrected chi connectivity index (χ4v) is 3.41. The molecule has 0 unspecified atom stereocenters. The average molecular weight is 351 g/mol. The molecule has 0 spiro atoms. The van der Waals surface area contributed by atoms with Gasteiger partial charge in [-0.25, -0.2) is 4.98 Å². The molecule has 7 nitrogen and oxygen atoms in total. The number of amides is 1. The Balaban J connectivity index is 1.64. The lowest BCUT2D eigenvalue weighted by atomic mass is 10.1. The molecule has 0 N–H and O–H groups in total. The lowest BCUT2D eigenvalue weighted by Crippen LogP contribution is -2.40. The van der Waals surface area contributed by atoms with Gasteiger partial charge in [0.25, 0.3) is 5.91 Å². The molecule has 0 bridgehead atoms. The molecule has 1 aromatic carbocycles. The minimum Gasteiger partial charge on any atom is -0.435 e. The Bertz CT molecular complexity index is 944. The largest absolute Gasteiger partial charge is 0.435 e. The van der Waals surface area contributed by atoms with E-state index in [0.717, 1.165) is 17.2 Å². The highest BCUT2D eigenvalue weighted by atomic mass is 16.4. The van der Waals surface area contributed by atoms with Crippen molar-refractivity contribution in [2.75, 3.05) is 6.54 Å². The summed E-state index contributed by atoms with van der Waals surface area (Å²) >= 11 is 0. The maximum atomic E-state index is 12.9. The molecule has 0 radical (unpaired) electrons. The van der Waals surface area contributed by atoms with Gasteiger partial charge in [0, 0.05) is 18.5 Å². The SMILES string of the molecule is CCc1nc(C)c(C(=O)N2Cc3nnc(-c4ccccc4)n3[C@@H](C)C2)o1. The van der Waals surface area contributed by atoms with Gasteiger partial charge in [-0.15, -0.1) is 10.2 Å². The summed E-state index contributed by atoms with van der Waals surface area (Å²) in [5, 5.41) is 8.69. The van der Waals surface area contributed by atoms with Crippen LogP contribution in [-0.4, -0.2) is 37.1 Å². The molecule has 26 heavy (non-hydrogen) atoms. The van der Waals surface area contributed by atoms with Crippen LogP contribution >= 0.6 is 0 Å². The molecule has 0 fully saturated rings. The molecule has 2 aromatic heterocycles. The highest BCUT2D eigenvalue weighted by Gasteiger charge is 2.32. The van der Waals surface area contributed by atoms with Gasteiger partial charge in [0.05, 0.1) is 18.3 Å². The summed E-state index contributed by atoms with van der Waals surface area (Å²) < 4.78 is 7.75. The van der Waals surface area contributed by atoms with Crippen LogP contribution in [0.4, 0.5) is 0 Å². The van der Waals surface area contributed by atoms with Gasteiger partial charge in [0.15, 0.2) is 17.5 Å². The first-order valence-corrected chi connectivity index (χ1v) is 8.83. The van der Waals surface area contributed by atoms with Crippen LogP contribution in [-0.2, 0) is 13.0 Å². The molecular weight excluding hydrogens is 330 g/mol. The van der Waals surface area contributed by atoms with Crippen LogP contribution < -0.4 is 0 Å². The summed E-state index contributed by atoms with van der Waals surface area (Å²) in [5.41, 5.74) is 1.66. The Morgan fingerprint density at radius 2 is 2.04 bits per heavy atom. The van der Waals surface area contributed by atoms with E-state index in [2.05, 4.69) is 26.7 Å². The van der Waals surface area contributed by atoms with E-state index < -0.39 is 0 Å². The second-order valence-corrected chi connectivity index (χ2v) is 6.59. The number of rotatable bonds is 3. The molecule has 3 aromatic rings. The van der Waals surface area contributed by atoms with Crippen LogP contribution in [0.15, 0.2) is 34.7 Å². The van der Waals surface area contributed by atoms with Gasteiger partial charge in [-0.1, -0.05) is 37.3 Å². The summed E-state index contributed by atoms with van der Waals surface area (Å²) in [5.74, 6) is 2.39. The number of nitrogens with zero attached hydrogens (tertiary/aromatic N) is 5. The van der Waals surface area contributed by atoms with Gasteiger partial charge >= 0.3 is 0 Å². The van der Waals surface area contributed by atoms with Crippen molar-refractivity contribution in [1.82, 2.24) is 24.6 Å². The zero-order valence-corrected chi connectivity index (χ0v) is 15.1. The lowest BCUT2D eigenvalue weighted by Gasteiger charge is -2.32. The smallest absolute Gasteiger partial charge is 0.292 e. The van der Waals surface area contributed by atoms with E-state index in [1.807, 2.05) is 37.3 Å². The highest BCUT2D eigenvalue weighted by Crippen LogP contribution is 2.28. The normalized spacial score (nSPS) is 16.6. The van der Waals surface area contributed by atoms with Crippen molar-refractivity contribution in [3.8, 4) is 11.4 Å². The number of hydrogen-bond acceptors (Lipinski definition) is 5. The zero-order chi connectivity index (χ0) is 18.3. The van der Waals surface area contributed by atoms with E-state index in [9.17, 15) is 4.79 Å². The summed E-state index contributed by atoms with van der Waals surface area (Å²) in [4.78, 5) is 19.0. The average Bonchev–Trinajstić information content (AvgIpc) is 3.25. The quantitative estimate of drug-likeness (QED) is 0.725. The zero-order valence-electron chi connectivity index (χ0n) is 15.1. The van der Waals surface area contributed by atoms with Gasteiger partial charge in [0.2, 0.25) is 5.76 Å². The predicted octanol–water partition coefficient (Wildman–Crippen LogP) is 3.02. The van der Waals surface area contributed by atoms with E-state index in [1.165, 1.54) is 0 Å². The number of oxazole rings is 1. The van der Waals surface area contributed by atoms with Gasteiger partial charge in [-0.3, -0.25) is 4.79 Å². The fourth-order valence-electron chi connectivity index (χ4n) is 3.41. The van der Waals surface area contributed by atoms with Crippen molar-refractivity contribution in [2.45, 2.75) is 39.8 Å². The Morgan fingerprint density at radius 3 is 2.73 bits per heavy atom. The van der Waals surface area contributed by atoms with Crippen molar-refractivity contribution in [2.24, 2.45) is 0 Å². The number of carbonyl (C=O) groups excluding carboxylic acids is 1. The summed E-state index contributed by atoms with van der Waals surface area (Å²) in [7, 11) is 0. The summed E-state index contributed by atoms with van der Waals surface area (Å²) in [6.45, 7) is 6.81. The molecule has 7 heteroatoms. The van der Waals surface area contributed by atoms with Crippen LogP contribution in [0.3, 0.4) is 0 Å². The minimum atomic E-state index is -0.142. The molecule has 1 amide bonds. The molecule has 134 valence electrons. The van der Waals surface area contributed by atoms with Crippen LogP contribution in [0.25, 0.3) is 11.4 Å². The van der Waals surface area contributed by atoms with Crippen molar-refractivity contribution in [3.05, 3.63) is 53.5 Å². The van der Waals surface area contributed by atoms with Gasteiger partial charge in [0.1, 0.15) is 0 Å². The van der Waals surface area contributed by atoms with Gasteiger partial charge in [-0.2, -0.15) is 0 Å². The number of aromatic nitrogens is 4. The maximum Gasteiger partial charge on any atom is 0.292 e. The number of fused-ring (bicyclic) bond motifs is 1. The molecule has 0 aliphatic carbocycles. The van der Waals surface area contributed by atoms with E-state index in [4.69, 9.17) is 4.42 Å². The van der Waals surface area contributed by atoms with E-state index in [1.54, 1.807) is 11.8 Å². The standard InChI is InChI=1S/C19H21N5O2/c1-4-16-20-13(3)17(26-16)19(25)23-10-12(2)24-15(11-23)21-22-18(24)14-8-6-5-7-9-14/h5-9,12H,4,10-11H2,1-3H3/t12-/m0/s1. The third-order valence-electron chi connectivity index (χ3n) is 4.68. The Hall–Kier alpha value is -2.96.